The monoisotopic (exact) mass is 381 g/mol. The highest BCUT2D eigenvalue weighted by molar-refractivity contribution is 5.93. The van der Waals surface area contributed by atoms with Gasteiger partial charge in [0.2, 0.25) is 0 Å². The Kier molecular flexibility index (Phi) is 4.81. The van der Waals surface area contributed by atoms with Crippen LogP contribution in [0.3, 0.4) is 0 Å². The minimum absolute atomic E-state index is 0.0800. The van der Waals surface area contributed by atoms with Gasteiger partial charge in [0.15, 0.2) is 11.5 Å². The second kappa shape index (κ2) is 7.42. The first-order valence-electron chi connectivity index (χ1n) is 9.26. The number of rotatable bonds is 5. The molecule has 1 atom stereocenters. The number of carbonyl (C=O) groups excluding carboxylic acids is 1. The number of carbonyl (C=O) groups is 1. The number of benzene rings is 1. The molecule has 3 aromatic rings. The van der Waals surface area contributed by atoms with E-state index in [1.54, 1.807) is 20.3 Å². The van der Waals surface area contributed by atoms with Crippen molar-refractivity contribution in [1.29, 1.82) is 0 Å². The molecule has 7 nitrogen and oxygen atoms in total. The second-order valence-electron chi connectivity index (χ2n) is 6.84. The highest BCUT2D eigenvalue weighted by Gasteiger charge is 2.34. The van der Waals surface area contributed by atoms with Crippen molar-refractivity contribution in [1.82, 2.24) is 15.1 Å². The molecular formula is C21H23N3O4. The Morgan fingerprint density at radius 3 is 2.79 bits per heavy atom. The fourth-order valence-corrected chi connectivity index (χ4v) is 3.72. The van der Waals surface area contributed by atoms with Crippen molar-refractivity contribution < 1.29 is 18.7 Å². The van der Waals surface area contributed by atoms with Crippen LogP contribution in [0.25, 0.3) is 11.5 Å². The summed E-state index contributed by atoms with van der Waals surface area (Å²) in [5.74, 6) is 2.85. The number of aromatic amines is 1. The van der Waals surface area contributed by atoms with Gasteiger partial charge in [0, 0.05) is 18.2 Å². The molecule has 0 spiro atoms. The van der Waals surface area contributed by atoms with Crippen LogP contribution in [-0.2, 0) is 0 Å². The Hall–Kier alpha value is -3.22. The van der Waals surface area contributed by atoms with Crippen molar-refractivity contribution >= 4 is 5.91 Å². The molecule has 1 saturated heterocycles. The van der Waals surface area contributed by atoms with Crippen LogP contribution in [-0.4, -0.2) is 41.8 Å². The molecule has 3 heterocycles. The van der Waals surface area contributed by atoms with E-state index >= 15 is 0 Å². The molecule has 1 aromatic carbocycles. The molecule has 0 saturated carbocycles. The van der Waals surface area contributed by atoms with Gasteiger partial charge in [-0.1, -0.05) is 0 Å². The molecule has 1 aliphatic rings. The lowest BCUT2D eigenvalue weighted by atomic mass is 10.0. The molecule has 1 N–H and O–H groups in total. The summed E-state index contributed by atoms with van der Waals surface area (Å²) in [5.41, 5.74) is 2.01. The van der Waals surface area contributed by atoms with E-state index in [9.17, 15) is 4.79 Å². The van der Waals surface area contributed by atoms with Crippen molar-refractivity contribution in [3.63, 3.8) is 0 Å². The molecular weight excluding hydrogens is 358 g/mol. The van der Waals surface area contributed by atoms with Crippen LogP contribution in [0.5, 0.6) is 11.5 Å². The number of H-pyrrole nitrogens is 1. The topological polar surface area (TPSA) is 80.6 Å². The van der Waals surface area contributed by atoms with Crippen LogP contribution in [0.15, 0.2) is 40.8 Å². The maximum atomic E-state index is 13.2. The van der Waals surface area contributed by atoms with Crippen molar-refractivity contribution in [2.75, 3.05) is 20.8 Å². The Bertz CT molecular complexity index is 991. The van der Waals surface area contributed by atoms with Gasteiger partial charge >= 0.3 is 0 Å². The van der Waals surface area contributed by atoms with Gasteiger partial charge in [0.25, 0.3) is 5.91 Å². The molecule has 28 heavy (non-hydrogen) atoms. The lowest BCUT2D eigenvalue weighted by molar-refractivity contribution is 0.0728. The first kappa shape index (κ1) is 18.2. The fourth-order valence-electron chi connectivity index (χ4n) is 3.72. The number of methoxy groups -OCH3 is 2. The summed E-state index contributed by atoms with van der Waals surface area (Å²) < 4.78 is 16.5. The first-order valence-corrected chi connectivity index (χ1v) is 9.26. The van der Waals surface area contributed by atoms with Crippen molar-refractivity contribution in [3.05, 3.63) is 53.4 Å². The number of likely N-dealkylation sites (tertiary alicyclic amines) is 1. The van der Waals surface area contributed by atoms with E-state index in [0.717, 1.165) is 35.7 Å². The number of furan rings is 1. The van der Waals surface area contributed by atoms with Gasteiger partial charge in [-0.3, -0.25) is 9.89 Å². The summed E-state index contributed by atoms with van der Waals surface area (Å²) in [5, 5.41) is 7.12. The molecule has 4 rings (SSSR count). The van der Waals surface area contributed by atoms with Gasteiger partial charge in [-0.25, -0.2) is 0 Å². The number of hydrogen-bond acceptors (Lipinski definition) is 5. The van der Waals surface area contributed by atoms with E-state index in [-0.39, 0.29) is 11.9 Å². The number of aromatic nitrogens is 2. The Morgan fingerprint density at radius 1 is 1.21 bits per heavy atom. The van der Waals surface area contributed by atoms with E-state index in [2.05, 4.69) is 10.2 Å². The maximum Gasteiger partial charge on any atom is 0.274 e. The number of ether oxygens (including phenoxy) is 2. The van der Waals surface area contributed by atoms with Crippen molar-refractivity contribution in [3.8, 4) is 23.0 Å². The van der Waals surface area contributed by atoms with E-state index in [4.69, 9.17) is 13.9 Å². The van der Waals surface area contributed by atoms with E-state index in [0.29, 0.717) is 23.7 Å². The summed E-state index contributed by atoms with van der Waals surface area (Å²) in [6.45, 7) is 2.55. The molecule has 2 aromatic heterocycles. The van der Waals surface area contributed by atoms with Gasteiger partial charge in [0.1, 0.15) is 23.0 Å². The largest absolute Gasteiger partial charge is 0.497 e. The molecule has 1 amide bonds. The zero-order chi connectivity index (χ0) is 19.7. The third kappa shape index (κ3) is 3.24. The summed E-state index contributed by atoms with van der Waals surface area (Å²) in [4.78, 5) is 15.0. The van der Waals surface area contributed by atoms with Crippen LogP contribution >= 0.6 is 0 Å². The SMILES string of the molecule is COc1ccc(OC)c(C2CCCN2C(=O)c2cc(-c3ccc(C)o3)[nH]n2)c1. The molecule has 0 radical (unpaired) electrons. The van der Waals surface area contributed by atoms with Crippen LogP contribution < -0.4 is 9.47 Å². The number of nitrogens with one attached hydrogen (secondary N) is 1. The second-order valence-corrected chi connectivity index (χ2v) is 6.84. The standard InChI is InChI=1S/C21H23N3O4/c1-13-6-8-20(28-13)16-12-17(23-22-16)21(25)24-10-4-5-18(24)15-11-14(26-2)7-9-19(15)27-3/h6-9,11-12,18H,4-5,10H2,1-3H3,(H,22,23). The minimum atomic E-state index is -0.113. The summed E-state index contributed by atoms with van der Waals surface area (Å²) in [7, 11) is 3.27. The van der Waals surface area contributed by atoms with Crippen molar-refractivity contribution in [2.45, 2.75) is 25.8 Å². The summed E-state index contributed by atoms with van der Waals surface area (Å²) in [6, 6.07) is 11.1. The van der Waals surface area contributed by atoms with E-state index in [1.807, 2.05) is 42.2 Å². The van der Waals surface area contributed by atoms with Crippen LogP contribution in [0.4, 0.5) is 0 Å². The third-order valence-corrected chi connectivity index (χ3v) is 5.11. The number of nitrogens with zero attached hydrogens (tertiary/aromatic N) is 2. The van der Waals surface area contributed by atoms with Crippen molar-refractivity contribution in [2.24, 2.45) is 0 Å². The van der Waals surface area contributed by atoms with Crippen LogP contribution in [0, 0.1) is 6.92 Å². The minimum Gasteiger partial charge on any atom is -0.497 e. The molecule has 0 bridgehead atoms. The summed E-state index contributed by atoms with van der Waals surface area (Å²) in [6.07, 6.45) is 1.79. The predicted octanol–water partition coefficient (Wildman–Crippen LogP) is 3.97. The van der Waals surface area contributed by atoms with E-state index in [1.165, 1.54) is 0 Å². The molecule has 7 heteroatoms. The lowest BCUT2D eigenvalue weighted by Gasteiger charge is -2.26. The average Bonchev–Trinajstić information content (AvgIpc) is 3.46. The van der Waals surface area contributed by atoms with Gasteiger partial charge in [0.05, 0.1) is 20.3 Å². The highest BCUT2D eigenvalue weighted by atomic mass is 16.5. The van der Waals surface area contributed by atoms with Gasteiger partial charge in [-0.2, -0.15) is 5.10 Å². The third-order valence-electron chi connectivity index (χ3n) is 5.11. The van der Waals surface area contributed by atoms with Crippen LogP contribution in [0.2, 0.25) is 0 Å². The molecule has 1 fully saturated rings. The molecule has 0 aliphatic carbocycles. The normalized spacial score (nSPS) is 16.4. The Morgan fingerprint density at radius 2 is 2.07 bits per heavy atom. The Balaban J connectivity index is 1.62. The number of amides is 1. The molecule has 1 unspecified atom stereocenters. The highest BCUT2D eigenvalue weighted by Crippen LogP contribution is 2.39. The van der Waals surface area contributed by atoms with E-state index < -0.39 is 0 Å². The van der Waals surface area contributed by atoms with Gasteiger partial charge in [-0.15, -0.1) is 0 Å². The smallest absolute Gasteiger partial charge is 0.274 e. The van der Waals surface area contributed by atoms with Gasteiger partial charge in [-0.05, 0) is 50.1 Å². The Labute approximate surface area is 163 Å². The quantitative estimate of drug-likeness (QED) is 0.723. The van der Waals surface area contributed by atoms with Gasteiger partial charge < -0.3 is 18.8 Å². The fraction of sp³-hybridized carbons (Fsp3) is 0.333. The zero-order valence-corrected chi connectivity index (χ0v) is 16.2. The number of hydrogen-bond donors (Lipinski definition) is 1. The number of aryl methyl sites for hydroxylation is 1. The molecule has 146 valence electrons. The lowest BCUT2D eigenvalue weighted by Crippen LogP contribution is -2.31. The maximum absolute atomic E-state index is 13.2. The summed E-state index contributed by atoms with van der Waals surface area (Å²) >= 11 is 0. The predicted molar refractivity (Wildman–Crippen MR) is 104 cm³/mol. The van der Waals surface area contributed by atoms with Crippen LogP contribution in [0.1, 0.15) is 40.7 Å². The first-order chi connectivity index (χ1) is 13.6. The molecule has 1 aliphatic heterocycles. The zero-order valence-electron chi connectivity index (χ0n) is 16.2. The average molecular weight is 381 g/mol.